The van der Waals surface area contributed by atoms with Gasteiger partial charge in [0.25, 0.3) is 0 Å². The van der Waals surface area contributed by atoms with Crippen molar-refractivity contribution in [1.82, 2.24) is 5.32 Å². The highest BCUT2D eigenvalue weighted by molar-refractivity contribution is 6.33. The van der Waals surface area contributed by atoms with Gasteiger partial charge < -0.3 is 15.0 Å². The van der Waals surface area contributed by atoms with Crippen LogP contribution in [0.3, 0.4) is 0 Å². The molecule has 0 spiro atoms. The second-order valence-corrected chi connectivity index (χ2v) is 4.34. The minimum Gasteiger partial charge on any atom is -0.383 e. The van der Waals surface area contributed by atoms with Crippen LogP contribution < -0.4 is 10.2 Å². The van der Waals surface area contributed by atoms with E-state index in [0.29, 0.717) is 0 Å². The fourth-order valence-electron chi connectivity index (χ4n) is 1.69. The van der Waals surface area contributed by atoms with Crippen LogP contribution in [0.25, 0.3) is 0 Å². The van der Waals surface area contributed by atoms with Gasteiger partial charge in [-0.3, -0.25) is 0 Å². The first-order valence-corrected chi connectivity index (χ1v) is 6.26. The van der Waals surface area contributed by atoms with E-state index in [9.17, 15) is 0 Å². The van der Waals surface area contributed by atoms with E-state index in [4.69, 9.17) is 16.3 Å². The fourth-order valence-corrected chi connectivity index (χ4v) is 2.02. The van der Waals surface area contributed by atoms with E-state index in [1.54, 1.807) is 7.11 Å². The molecular weight excluding hydrogens is 236 g/mol. The van der Waals surface area contributed by atoms with E-state index in [2.05, 4.69) is 30.3 Å². The van der Waals surface area contributed by atoms with Crippen LogP contribution in [-0.4, -0.2) is 33.9 Å². The Balaban J connectivity index is 2.73. The highest BCUT2D eigenvalue weighted by Crippen LogP contribution is 2.28. The van der Waals surface area contributed by atoms with E-state index in [1.165, 1.54) is 5.56 Å². The van der Waals surface area contributed by atoms with Crippen molar-refractivity contribution < 1.29 is 4.74 Å². The predicted octanol–water partition coefficient (Wildman–Crippen LogP) is 2.53. The zero-order valence-corrected chi connectivity index (χ0v) is 11.5. The molecule has 17 heavy (non-hydrogen) atoms. The first kappa shape index (κ1) is 14.3. The average molecular weight is 257 g/mol. The first-order valence-electron chi connectivity index (χ1n) is 5.88. The maximum Gasteiger partial charge on any atom is 0.0642 e. The number of benzene rings is 1. The summed E-state index contributed by atoms with van der Waals surface area (Å²) in [6.07, 6.45) is 0. The Hall–Kier alpha value is -0.770. The summed E-state index contributed by atoms with van der Waals surface area (Å²) in [5.41, 5.74) is 2.33. The Morgan fingerprint density at radius 1 is 1.41 bits per heavy atom. The van der Waals surface area contributed by atoms with E-state index in [1.807, 2.05) is 12.1 Å². The molecule has 0 unspecified atom stereocenters. The maximum atomic E-state index is 6.25. The molecule has 0 aliphatic heterocycles. The smallest absolute Gasteiger partial charge is 0.0642 e. The molecule has 0 aliphatic rings. The number of methoxy groups -OCH3 is 1. The van der Waals surface area contributed by atoms with Crippen LogP contribution in [0.5, 0.6) is 0 Å². The number of rotatable bonds is 7. The summed E-state index contributed by atoms with van der Waals surface area (Å²) in [6.45, 7) is 5.43. The third-order valence-electron chi connectivity index (χ3n) is 2.72. The quantitative estimate of drug-likeness (QED) is 0.759. The number of anilines is 1. The molecule has 0 aliphatic carbocycles. The zero-order valence-electron chi connectivity index (χ0n) is 10.8. The molecule has 4 heteroatoms. The topological polar surface area (TPSA) is 24.5 Å². The van der Waals surface area contributed by atoms with Crippen LogP contribution >= 0.6 is 11.6 Å². The molecular formula is C13H21ClN2O. The summed E-state index contributed by atoms with van der Waals surface area (Å²) in [5, 5.41) is 4.14. The maximum absolute atomic E-state index is 6.25. The highest BCUT2D eigenvalue weighted by Gasteiger charge is 2.09. The minimum absolute atomic E-state index is 0.722. The van der Waals surface area contributed by atoms with Gasteiger partial charge in [-0.2, -0.15) is 0 Å². The number of hydrogen-bond acceptors (Lipinski definition) is 3. The van der Waals surface area contributed by atoms with Crippen LogP contribution in [0.1, 0.15) is 12.5 Å². The molecule has 0 radical (unpaired) electrons. The van der Waals surface area contributed by atoms with Gasteiger partial charge >= 0.3 is 0 Å². The molecule has 0 amide bonds. The molecule has 0 aromatic heterocycles. The SMILES string of the molecule is CCN(C)c1c(Cl)cccc1CNCCOC. The summed E-state index contributed by atoms with van der Waals surface area (Å²) in [7, 11) is 3.76. The van der Waals surface area contributed by atoms with Crippen LogP contribution in [-0.2, 0) is 11.3 Å². The van der Waals surface area contributed by atoms with Gasteiger partial charge in [0.05, 0.1) is 17.3 Å². The van der Waals surface area contributed by atoms with Gasteiger partial charge in [0.2, 0.25) is 0 Å². The van der Waals surface area contributed by atoms with Crippen LogP contribution in [0.4, 0.5) is 5.69 Å². The molecule has 0 saturated heterocycles. The van der Waals surface area contributed by atoms with Gasteiger partial charge in [-0.1, -0.05) is 23.7 Å². The lowest BCUT2D eigenvalue weighted by molar-refractivity contribution is 0.199. The molecule has 3 nitrogen and oxygen atoms in total. The molecule has 0 saturated carbocycles. The fraction of sp³-hybridized carbons (Fsp3) is 0.538. The number of para-hydroxylation sites is 1. The van der Waals surface area contributed by atoms with E-state index >= 15 is 0 Å². The number of halogens is 1. The minimum atomic E-state index is 0.722. The summed E-state index contributed by atoms with van der Waals surface area (Å²) in [4.78, 5) is 2.16. The molecule has 1 aromatic carbocycles. The Labute approximate surface area is 109 Å². The summed E-state index contributed by atoms with van der Waals surface area (Å²) < 4.78 is 5.00. The van der Waals surface area contributed by atoms with E-state index < -0.39 is 0 Å². The molecule has 96 valence electrons. The van der Waals surface area contributed by atoms with Crippen molar-refractivity contribution in [2.45, 2.75) is 13.5 Å². The van der Waals surface area contributed by atoms with Gasteiger partial charge in [-0.15, -0.1) is 0 Å². The van der Waals surface area contributed by atoms with Crippen molar-refractivity contribution in [3.05, 3.63) is 28.8 Å². The van der Waals surface area contributed by atoms with Crippen LogP contribution in [0, 0.1) is 0 Å². The van der Waals surface area contributed by atoms with Gasteiger partial charge in [0, 0.05) is 33.8 Å². The predicted molar refractivity (Wildman–Crippen MR) is 74.0 cm³/mol. The van der Waals surface area contributed by atoms with Gasteiger partial charge in [-0.25, -0.2) is 0 Å². The first-order chi connectivity index (χ1) is 8.20. The number of nitrogens with one attached hydrogen (secondary N) is 1. The van der Waals surface area contributed by atoms with Crippen molar-refractivity contribution in [1.29, 1.82) is 0 Å². The number of hydrogen-bond donors (Lipinski definition) is 1. The Bertz CT molecular complexity index is 344. The second-order valence-electron chi connectivity index (χ2n) is 3.93. The average Bonchev–Trinajstić information content (AvgIpc) is 2.34. The van der Waals surface area contributed by atoms with Gasteiger partial charge in [0.1, 0.15) is 0 Å². The largest absolute Gasteiger partial charge is 0.383 e. The van der Waals surface area contributed by atoms with Gasteiger partial charge in [0.15, 0.2) is 0 Å². The molecule has 0 atom stereocenters. The molecule has 1 N–H and O–H groups in total. The molecule has 0 fully saturated rings. The monoisotopic (exact) mass is 256 g/mol. The molecule has 1 aromatic rings. The normalized spacial score (nSPS) is 10.6. The number of ether oxygens (including phenoxy) is 1. The van der Waals surface area contributed by atoms with Crippen molar-refractivity contribution in [2.24, 2.45) is 0 Å². The van der Waals surface area contributed by atoms with Crippen molar-refractivity contribution >= 4 is 17.3 Å². The van der Waals surface area contributed by atoms with Crippen LogP contribution in [0.15, 0.2) is 18.2 Å². The van der Waals surface area contributed by atoms with E-state index in [0.717, 1.165) is 37.0 Å². The highest BCUT2D eigenvalue weighted by atomic mass is 35.5. The van der Waals surface area contributed by atoms with Crippen molar-refractivity contribution in [3.8, 4) is 0 Å². The third-order valence-corrected chi connectivity index (χ3v) is 3.03. The van der Waals surface area contributed by atoms with E-state index in [-0.39, 0.29) is 0 Å². The second kappa shape index (κ2) is 7.54. The lowest BCUT2D eigenvalue weighted by Crippen LogP contribution is -2.22. The Kier molecular flexibility index (Phi) is 6.34. The lowest BCUT2D eigenvalue weighted by atomic mass is 10.1. The lowest BCUT2D eigenvalue weighted by Gasteiger charge is -2.22. The Morgan fingerprint density at radius 3 is 2.82 bits per heavy atom. The standard InChI is InChI=1S/C13H21ClN2O/c1-4-16(2)13-11(6-5-7-12(13)14)10-15-8-9-17-3/h5-7,15H,4,8-10H2,1-3H3. The summed E-state index contributed by atoms with van der Waals surface area (Å²) >= 11 is 6.25. The van der Waals surface area contributed by atoms with Crippen molar-refractivity contribution in [2.75, 3.05) is 38.8 Å². The number of nitrogens with zero attached hydrogens (tertiary/aromatic N) is 1. The van der Waals surface area contributed by atoms with Gasteiger partial charge in [-0.05, 0) is 18.6 Å². The molecule has 0 bridgehead atoms. The molecule has 1 rings (SSSR count). The summed E-state index contributed by atoms with van der Waals surface area (Å²) in [6, 6.07) is 6.03. The van der Waals surface area contributed by atoms with Crippen molar-refractivity contribution in [3.63, 3.8) is 0 Å². The zero-order chi connectivity index (χ0) is 12.7. The van der Waals surface area contributed by atoms with Crippen LogP contribution in [0.2, 0.25) is 5.02 Å². The molecule has 0 heterocycles. The summed E-state index contributed by atoms with van der Waals surface area (Å²) in [5.74, 6) is 0. The third kappa shape index (κ3) is 4.19. The Morgan fingerprint density at radius 2 is 2.18 bits per heavy atom.